The van der Waals surface area contributed by atoms with Crippen molar-refractivity contribution in [2.75, 3.05) is 6.61 Å². The van der Waals surface area contributed by atoms with Crippen LogP contribution in [-0.2, 0) is 19.5 Å². The highest BCUT2D eigenvalue weighted by Crippen LogP contribution is 2.23. The van der Waals surface area contributed by atoms with Crippen LogP contribution in [-0.4, -0.2) is 21.0 Å². The maximum Gasteiger partial charge on any atom is 0.276 e. The molecule has 0 aliphatic carbocycles. The molecule has 0 saturated carbocycles. The molecule has 124 valence electrons. The Bertz CT molecular complexity index is 896. The highest BCUT2D eigenvalue weighted by atomic mass is 16.5. The molecule has 0 amide bonds. The first-order chi connectivity index (χ1) is 11.8. The molecule has 0 bridgehead atoms. The minimum atomic E-state index is 0.00844. The van der Waals surface area contributed by atoms with E-state index in [1.807, 2.05) is 42.7 Å². The van der Waals surface area contributed by atoms with E-state index >= 15 is 0 Å². The van der Waals surface area contributed by atoms with E-state index in [4.69, 9.17) is 4.74 Å². The number of benzene rings is 1. The van der Waals surface area contributed by atoms with Crippen LogP contribution in [0, 0.1) is 0 Å². The second kappa shape index (κ2) is 6.51. The van der Waals surface area contributed by atoms with Crippen LogP contribution in [0.5, 0.6) is 5.75 Å². The van der Waals surface area contributed by atoms with E-state index in [9.17, 15) is 4.79 Å². The summed E-state index contributed by atoms with van der Waals surface area (Å²) >= 11 is 0. The van der Waals surface area contributed by atoms with Crippen molar-refractivity contribution in [3.05, 3.63) is 58.8 Å². The highest BCUT2D eigenvalue weighted by molar-refractivity contribution is 5.84. The fraction of sp³-hybridized carbons (Fsp3) is 0.368. The number of nitrogens with zero attached hydrogens (tertiary/aromatic N) is 3. The smallest absolute Gasteiger partial charge is 0.276 e. The number of fused-ring (bicyclic) bond motifs is 3. The molecule has 0 fully saturated rings. The average molecular weight is 323 g/mol. The minimum absolute atomic E-state index is 0.00844. The summed E-state index contributed by atoms with van der Waals surface area (Å²) in [6, 6.07) is 9.72. The van der Waals surface area contributed by atoms with Crippen LogP contribution in [0.25, 0.3) is 10.8 Å². The van der Waals surface area contributed by atoms with Gasteiger partial charge < -0.3 is 9.30 Å². The summed E-state index contributed by atoms with van der Waals surface area (Å²) in [5.74, 6) is 0.855. The molecule has 5 nitrogen and oxygen atoms in total. The standard InChI is InChI=1S/C19H21N3O2/c23-19-17-14-21-10-5-4-9-18(21)16(17)13-20-22(19)11-6-12-24-15-7-2-1-3-8-15/h1-3,7-8,13-14H,4-6,9-12H2. The van der Waals surface area contributed by atoms with E-state index in [-0.39, 0.29) is 5.56 Å². The summed E-state index contributed by atoms with van der Waals surface area (Å²) in [5.41, 5.74) is 1.27. The van der Waals surface area contributed by atoms with E-state index in [2.05, 4.69) is 9.67 Å². The highest BCUT2D eigenvalue weighted by Gasteiger charge is 2.16. The first-order valence-electron chi connectivity index (χ1n) is 8.58. The van der Waals surface area contributed by atoms with Gasteiger partial charge in [0, 0.05) is 36.8 Å². The first kappa shape index (κ1) is 15.0. The molecule has 0 spiro atoms. The van der Waals surface area contributed by atoms with Crippen LogP contribution in [0.1, 0.15) is 25.0 Å². The lowest BCUT2D eigenvalue weighted by molar-refractivity contribution is 0.297. The lowest BCUT2D eigenvalue weighted by atomic mass is 10.1. The molecule has 3 aromatic rings. The summed E-state index contributed by atoms with van der Waals surface area (Å²) < 4.78 is 9.45. The maximum absolute atomic E-state index is 12.7. The van der Waals surface area contributed by atoms with E-state index in [1.54, 1.807) is 4.68 Å². The van der Waals surface area contributed by atoms with Crippen molar-refractivity contribution in [3.63, 3.8) is 0 Å². The zero-order chi connectivity index (χ0) is 16.4. The number of ether oxygens (including phenoxy) is 1. The Morgan fingerprint density at radius 3 is 2.88 bits per heavy atom. The molecule has 0 atom stereocenters. The quantitative estimate of drug-likeness (QED) is 0.678. The zero-order valence-electron chi connectivity index (χ0n) is 13.6. The molecule has 24 heavy (non-hydrogen) atoms. The van der Waals surface area contributed by atoms with Crippen molar-refractivity contribution in [2.24, 2.45) is 0 Å². The third kappa shape index (κ3) is 2.82. The van der Waals surface area contributed by atoms with Crippen LogP contribution in [0.3, 0.4) is 0 Å². The van der Waals surface area contributed by atoms with Crippen molar-refractivity contribution in [1.82, 2.24) is 14.3 Å². The number of aromatic nitrogens is 3. The van der Waals surface area contributed by atoms with Gasteiger partial charge in [-0.05, 0) is 31.4 Å². The fourth-order valence-corrected chi connectivity index (χ4v) is 3.38. The van der Waals surface area contributed by atoms with Crippen molar-refractivity contribution in [2.45, 2.75) is 38.8 Å². The van der Waals surface area contributed by atoms with E-state index in [0.29, 0.717) is 13.2 Å². The van der Waals surface area contributed by atoms with Gasteiger partial charge in [0.05, 0.1) is 18.2 Å². The van der Waals surface area contributed by atoms with Crippen LogP contribution in [0.4, 0.5) is 0 Å². The Labute approximate surface area is 140 Å². The largest absolute Gasteiger partial charge is 0.494 e. The maximum atomic E-state index is 12.7. The molecule has 2 aromatic heterocycles. The van der Waals surface area contributed by atoms with Crippen molar-refractivity contribution in [1.29, 1.82) is 0 Å². The second-order valence-corrected chi connectivity index (χ2v) is 6.24. The molecule has 0 radical (unpaired) electrons. The number of rotatable bonds is 5. The zero-order valence-corrected chi connectivity index (χ0v) is 13.6. The lowest BCUT2D eigenvalue weighted by Gasteiger charge is -2.14. The molecule has 0 unspecified atom stereocenters. The number of aryl methyl sites for hydroxylation is 3. The van der Waals surface area contributed by atoms with Gasteiger partial charge in [-0.3, -0.25) is 4.79 Å². The Hall–Kier alpha value is -2.56. The Morgan fingerprint density at radius 1 is 1.12 bits per heavy atom. The fourth-order valence-electron chi connectivity index (χ4n) is 3.38. The Morgan fingerprint density at radius 2 is 2.00 bits per heavy atom. The number of hydrogen-bond acceptors (Lipinski definition) is 3. The molecule has 4 rings (SSSR count). The average Bonchev–Trinajstić information content (AvgIpc) is 3.01. The summed E-state index contributed by atoms with van der Waals surface area (Å²) in [5, 5.41) is 6.19. The predicted octanol–water partition coefficient (Wildman–Crippen LogP) is 3.00. The number of hydrogen-bond donors (Lipinski definition) is 0. The predicted molar refractivity (Wildman–Crippen MR) is 93.5 cm³/mol. The summed E-state index contributed by atoms with van der Waals surface area (Å²) in [7, 11) is 0. The monoisotopic (exact) mass is 323 g/mol. The molecule has 0 saturated heterocycles. The van der Waals surface area contributed by atoms with Gasteiger partial charge in [-0.25, -0.2) is 4.68 Å². The van der Waals surface area contributed by atoms with Crippen LogP contribution >= 0.6 is 0 Å². The summed E-state index contributed by atoms with van der Waals surface area (Å²) in [4.78, 5) is 12.7. The van der Waals surface area contributed by atoms with E-state index in [1.165, 1.54) is 18.5 Å². The van der Waals surface area contributed by atoms with Crippen molar-refractivity contribution in [3.8, 4) is 5.75 Å². The molecular formula is C19H21N3O2. The third-order valence-electron chi connectivity index (χ3n) is 4.61. The molecule has 1 aromatic carbocycles. The summed E-state index contributed by atoms with van der Waals surface area (Å²) in [6.45, 7) is 2.15. The van der Waals surface area contributed by atoms with Gasteiger partial charge in [-0.15, -0.1) is 0 Å². The topological polar surface area (TPSA) is 49.0 Å². The van der Waals surface area contributed by atoms with Gasteiger partial charge in [0.15, 0.2) is 0 Å². The van der Waals surface area contributed by atoms with Crippen LogP contribution < -0.4 is 10.3 Å². The van der Waals surface area contributed by atoms with Gasteiger partial charge in [0.2, 0.25) is 0 Å². The SMILES string of the molecule is O=c1c2cn3c(c2cnn1CCCOc1ccccc1)CCCC3. The van der Waals surface area contributed by atoms with Gasteiger partial charge in [0.1, 0.15) is 5.75 Å². The molecule has 0 N–H and O–H groups in total. The second-order valence-electron chi connectivity index (χ2n) is 6.24. The lowest BCUT2D eigenvalue weighted by Crippen LogP contribution is -2.23. The molecular weight excluding hydrogens is 302 g/mol. The van der Waals surface area contributed by atoms with Crippen LogP contribution in [0.2, 0.25) is 0 Å². The first-order valence-corrected chi connectivity index (χ1v) is 8.58. The summed E-state index contributed by atoms with van der Waals surface area (Å²) in [6.07, 6.45) is 8.03. The van der Waals surface area contributed by atoms with E-state index in [0.717, 1.165) is 35.9 Å². The normalized spacial score (nSPS) is 13.8. The minimum Gasteiger partial charge on any atom is -0.494 e. The van der Waals surface area contributed by atoms with Crippen molar-refractivity contribution >= 4 is 10.8 Å². The molecule has 5 heteroatoms. The van der Waals surface area contributed by atoms with Crippen LogP contribution in [0.15, 0.2) is 47.5 Å². The van der Waals surface area contributed by atoms with E-state index < -0.39 is 0 Å². The van der Waals surface area contributed by atoms with Gasteiger partial charge in [-0.2, -0.15) is 5.10 Å². The van der Waals surface area contributed by atoms with Gasteiger partial charge in [0.25, 0.3) is 5.56 Å². The molecule has 1 aliphatic heterocycles. The van der Waals surface area contributed by atoms with Gasteiger partial charge >= 0.3 is 0 Å². The van der Waals surface area contributed by atoms with Gasteiger partial charge in [-0.1, -0.05) is 18.2 Å². The molecule has 3 heterocycles. The Kier molecular flexibility index (Phi) is 4.07. The van der Waals surface area contributed by atoms with Crippen molar-refractivity contribution < 1.29 is 4.74 Å². The molecule has 1 aliphatic rings. The Balaban J connectivity index is 1.47. The third-order valence-corrected chi connectivity index (χ3v) is 4.61. The number of para-hydroxylation sites is 1.